The molecule has 1 heterocycles. The quantitative estimate of drug-likeness (QED) is 0.756. The number of rotatable bonds is 5. The van der Waals surface area contributed by atoms with Crippen LogP contribution in [0.4, 0.5) is 0 Å². The molecule has 0 amide bonds. The van der Waals surface area contributed by atoms with Crippen LogP contribution in [0.2, 0.25) is 0 Å². The van der Waals surface area contributed by atoms with E-state index in [1.807, 2.05) is 26.0 Å². The predicted octanol–water partition coefficient (Wildman–Crippen LogP) is 3.47. The van der Waals surface area contributed by atoms with Crippen molar-refractivity contribution in [2.75, 3.05) is 6.61 Å². The monoisotopic (exact) mass is 244 g/mol. The van der Waals surface area contributed by atoms with Crippen LogP contribution in [0.1, 0.15) is 35.5 Å². The SMILES string of the molecule is CCOc1ccc(C(=O)c2ccoc2CC)cc1. The molecule has 0 atom stereocenters. The van der Waals surface area contributed by atoms with E-state index >= 15 is 0 Å². The smallest absolute Gasteiger partial charge is 0.196 e. The molecule has 0 saturated heterocycles. The zero-order valence-electron chi connectivity index (χ0n) is 10.6. The molecular formula is C15H16O3. The molecule has 0 N–H and O–H groups in total. The lowest BCUT2D eigenvalue weighted by Crippen LogP contribution is -2.02. The summed E-state index contributed by atoms with van der Waals surface area (Å²) in [6.07, 6.45) is 2.27. The highest BCUT2D eigenvalue weighted by atomic mass is 16.5. The van der Waals surface area contributed by atoms with Gasteiger partial charge in [0.2, 0.25) is 0 Å². The minimum atomic E-state index is -0.0105. The number of hydrogen-bond donors (Lipinski definition) is 0. The Kier molecular flexibility index (Phi) is 3.82. The highest BCUT2D eigenvalue weighted by Gasteiger charge is 2.15. The van der Waals surface area contributed by atoms with E-state index in [1.165, 1.54) is 0 Å². The molecule has 0 unspecified atom stereocenters. The third kappa shape index (κ3) is 2.45. The molecule has 0 aliphatic carbocycles. The van der Waals surface area contributed by atoms with Gasteiger partial charge < -0.3 is 9.15 Å². The molecule has 3 heteroatoms. The first-order valence-electron chi connectivity index (χ1n) is 6.10. The third-order valence-corrected chi connectivity index (χ3v) is 2.74. The lowest BCUT2D eigenvalue weighted by atomic mass is 10.0. The van der Waals surface area contributed by atoms with Gasteiger partial charge in [-0.05, 0) is 37.3 Å². The van der Waals surface area contributed by atoms with Crippen molar-refractivity contribution < 1.29 is 13.9 Å². The van der Waals surface area contributed by atoms with Crippen molar-refractivity contribution >= 4 is 5.78 Å². The maximum absolute atomic E-state index is 12.3. The van der Waals surface area contributed by atoms with Crippen molar-refractivity contribution in [3.8, 4) is 5.75 Å². The van der Waals surface area contributed by atoms with Gasteiger partial charge in [-0.15, -0.1) is 0 Å². The van der Waals surface area contributed by atoms with Gasteiger partial charge in [-0.2, -0.15) is 0 Å². The van der Waals surface area contributed by atoms with Crippen LogP contribution in [0.5, 0.6) is 5.75 Å². The van der Waals surface area contributed by atoms with Gasteiger partial charge in [-0.25, -0.2) is 0 Å². The summed E-state index contributed by atoms with van der Waals surface area (Å²) >= 11 is 0. The summed E-state index contributed by atoms with van der Waals surface area (Å²) in [6, 6.07) is 8.89. The fourth-order valence-corrected chi connectivity index (χ4v) is 1.84. The number of benzene rings is 1. The normalized spacial score (nSPS) is 10.3. The van der Waals surface area contributed by atoms with E-state index in [2.05, 4.69) is 0 Å². The Morgan fingerprint density at radius 2 is 1.89 bits per heavy atom. The van der Waals surface area contributed by atoms with Gasteiger partial charge in [-0.3, -0.25) is 4.79 Å². The number of aryl methyl sites for hydroxylation is 1. The molecule has 2 rings (SSSR count). The van der Waals surface area contributed by atoms with Crippen molar-refractivity contribution in [1.29, 1.82) is 0 Å². The summed E-state index contributed by atoms with van der Waals surface area (Å²) in [5.74, 6) is 1.49. The summed E-state index contributed by atoms with van der Waals surface area (Å²) in [5, 5.41) is 0. The average Bonchev–Trinajstić information content (AvgIpc) is 2.87. The van der Waals surface area contributed by atoms with Crippen LogP contribution >= 0.6 is 0 Å². The molecule has 0 aliphatic heterocycles. The van der Waals surface area contributed by atoms with Crippen LogP contribution in [0, 0.1) is 0 Å². The van der Waals surface area contributed by atoms with E-state index < -0.39 is 0 Å². The lowest BCUT2D eigenvalue weighted by molar-refractivity contribution is 0.103. The van der Waals surface area contributed by atoms with Gasteiger partial charge in [0.05, 0.1) is 18.4 Å². The molecule has 2 aromatic rings. The van der Waals surface area contributed by atoms with Crippen LogP contribution in [0.3, 0.4) is 0 Å². The van der Waals surface area contributed by atoms with Crippen molar-refractivity contribution in [3.05, 3.63) is 53.5 Å². The molecule has 3 nitrogen and oxygen atoms in total. The van der Waals surface area contributed by atoms with Crippen molar-refractivity contribution in [3.63, 3.8) is 0 Å². The van der Waals surface area contributed by atoms with E-state index in [9.17, 15) is 4.79 Å². The second-order valence-corrected chi connectivity index (χ2v) is 3.90. The Labute approximate surface area is 106 Å². The van der Waals surface area contributed by atoms with Crippen LogP contribution in [-0.2, 0) is 6.42 Å². The van der Waals surface area contributed by atoms with Crippen LogP contribution in [0.15, 0.2) is 41.0 Å². The van der Waals surface area contributed by atoms with E-state index in [1.54, 1.807) is 24.5 Å². The molecule has 0 bridgehead atoms. The van der Waals surface area contributed by atoms with Crippen molar-refractivity contribution in [2.45, 2.75) is 20.3 Å². The molecule has 18 heavy (non-hydrogen) atoms. The van der Waals surface area contributed by atoms with Gasteiger partial charge in [0, 0.05) is 12.0 Å². The molecule has 0 radical (unpaired) electrons. The molecule has 94 valence electrons. The van der Waals surface area contributed by atoms with Gasteiger partial charge in [-0.1, -0.05) is 6.92 Å². The first kappa shape index (κ1) is 12.4. The van der Waals surface area contributed by atoms with Crippen molar-refractivity contribution in [1.82, 2.24) is 0 Å². The van der Waals surface area contributed by atoms with Gasteiger partial charge >= 0.3 is 0 Å². The Morgan fingerprint density at radius 3 is 2.50 bits per heavy atom. The maximum Gasteiger partial charge on any atom is 0.196 e. The molecule has 0 fully saturated rings. The highest BCUT2D eigenvalue weighted by molar-refractivity contribution is 6.09. The van der Waals surface area contributed by atoms with E-state index in [0.29, 0.717) is 24.2 Å². The fourth-order valence-electron chi connectivity index (χ4n) is 1.84. The van der Waals surface area contributed by atoms with Crippen LogP contribution in [0.25, 0.3) is 0 Å². The zero-order valence-corrected chi connectivity index (χ0v) is 10.6. The van der Waals surface area contributed by atoms with Gasteiger partial charge in [0.25, 0.3) is 0 Å². The summed E-state index contributed by atoms with van der Waals surface area (Å²) in [7, 11) is 0. The molecule has 0 spiro atoms. The number of furan rings is 1. The first-order chi connectivity index (χ1) is 8.76. The first-order valence-corrected chi connectivity index (χ1v) is 6.10. The summed E-state index contributed by atoms with van der Waals surface area (Å²) in [6.45, 7) is 4.51. The Balaban J connectivity index is 2.23. The van der Waals surface area contributed by atoms with Crippen LogP contribution in [-0.4, -0.2) is 12.4 Å². The second kappa shape index (κ2) is 5.54. The second-order valence-electron chi connectivity index (χ2n) is 3.90. The van der Waals surface area contributed by atoms with E-state index in [-0.39, 0.29) is 5.78 Å². The molecular weight excluding hydrogens is 228 g/mol. The number of hydrogen-bond acceptors (Lipinski definition) is 3. The highest BCUT2D eigenvalue weighted by Crippen LogP contribution is 2.19. The zero-order chi connectivity index (χ0) is 13.0. The molecule has 1 aromatic carbocycles. The predicted molar refractivity (Wildman–Crippen MR) is 69.1 cm³/mol. The third-order valence-electron chi connectivity index (χ3n) is 2.74. The van der Waals surface area contributed by atoms with E-state index in [0.717, 1.165) is 11.5 Å². The Bertz CT molecular complexity index is 523. The van der Waals surface area contributed by atoms with E-state index in [4.69, 9.17) is 9.15 Å². The topological polar surface area (TPSA) is 39.4 Å². The van der Waals surface area contributed by atoms with Crippen molar-refractivity contribution in [2.24, 2.45) is 0 Å². The largest absolute Gasteiger partial charge is 0.494 e. The van der Waals surface area contributed by atoms with Gasteiger partial charge in [0.1, 0.15) is 11.5 Å². The Hall–Kier alpha value is -2.03. The number of ketones is 1. The summed E-state index contributed by atoms with van der Waals surface area (Å²) in [5.41, 5.74) is 1.29. The average molecular weight is 244 g/mol. The fraction of sp³-hybridized carbons (Fsp3) is 0.267. The molecule has 1 aromatic heterocycles. The number of carbonyl (C=O) groups excluding carboxylic acids is 1. The van der Waals surface area contributed by atoms with Gasteiger partial charge in [0.15, 0.2) is 5.78 Å². The molecule has 0 saturated carbocycles. The number of ether oxygens (including phenoxy) is 1. The molecule has 0 aliphatic rings. The Morgan fingerprint density at radius 1 is 1.17 bits per heavy atom. The lowest BCUT2D eigenvalue weighted by Gasteiger charge is -2.04. The standard InChI is InChI=1S/C15H16O3/c1-3-14-13(9-10-18-14)15(16)11-5-7-12(8-6-11)17-4-2/h5-10H,3-4H2,1-2H3. The summed E-state index contributed by atoms with van der Waals surface area (Å²) < 4.78 is 10.6. The van der Waals surface area contributed by atoms with Crippen LogP contribution < -0.4 is 4.74 Å². The minimum Gasteiger partial charge on any atom is -0.494 e. The minimum absolute atomic E-state index is 0.0105. The maximum atomic E-state index is 12.3. The summed E-state index contributed by atoms with van der Waals surface area (Å²) in [4.78, 5) is 12.3. The number of carbonyl (C=O) groups is 1.